The zero-order valence-electron chi connectivity index (χ0n) is 8.65. The zero-order chi connectivity index (χ0) is 13.3. The first-order valence-corrected chi connectivity index (χ1v) is 8.14. The van der Waals surface area contributed by atoms with Crippen molar-refractivity contribution in [2.24, 2.45) is 0 Å². The van der Waals surface area contributed by atoms with Gasteiger partial charge in [-0.1, -0.05) is 11.6 Å². The SMILES string of the molecule is O=S(=O)(Nc1cc(F)ccc1Cl)c1sccc1Br. The molecule has 1 N–H and O–H groups in total. The number of anilines is 1. The van der Waals surface area contributed by atoms with Crippen molar-refractivity contribution in [1.82, 2.24) is 0 Å². The summed E-state index contributed by atoms with van der Waals surface area (Å²) in [4.78, 5) is 0. The predicted molar refractivity (Wildman–Crippen MR) is 74.2 cm³/mol. The van der Waals surface area contributed by atoms with Gasteiger partial charge in [0.05, 0.1) is 10.7 Å². The van der Waals surface area contributed by atoms with E-state index < -0.39 is 15.8 Å². The third-order valence-corrected chi connectivity index (χ3v) is 6.37. The minimum absolute atomic E-state index is 0.0111. The van der Waals surface area contributed by atoms with Gasteiger partial charge in [0.25, 0.3) is 10.0 Å². The van der Waals surface area contributed by atoms with Crippen LogP contribution in [-0.4, -0.2) is 8.42 Å². The molecule has 0 bridgehead atoms. The molecule has 0 saturated carbocycles. The lowest BCUT2D eigenvalue weighted by Crippen LogP contribution is -2.12. The van der Waals surface area contributed by atoms with Crippen molar-refractivity contribution in [2.75, 3.05) is 4.72 Å². The number of benzene rings is 1. The molecule has 96 valence electrons. The molecule has 18 heavy (non-hydrogen) atoms. The van der Waals surface area contributed by atoms with Crippen LogP contribution in [0.3, 0.4) is 0 Å². The third kappa shape index (κ3) is 2.85. The third-order valence-electron chi connectivity index (χ3n) is 2.00. The Bertz CT molecular complexity index is 687. The van der Waals surface area contributed by atoms with Crippen LogP contribution in [0.2, 0.25) is 5.02 Å². The summed E-state index contributed by atoms with van der Waals surface area (Å²) in [6.45, 7) is 0. The minimum atomic E-state index is -3.77. The molecule has 0 amide bonds. The Morgan fingerprint density at radius 3 is 2.67 bits per heavy atom. The van der Waals surface area contributed by atoms with Crippen LogP contribution < -0.4 is 4.72 Å². The van der Waals surface area contributed by atoms with Gasteiger partial charge in [-0.2, -0.15) is 0 Å². The summed E-state index contributed by atoms with van der Waals surface area (Å²) in [5.74, 6) is -0.567. The standard InChI is InChI=1S/C10H6BrClFNO2S2/c11-7-3-4-17-10(7)18(15,16)14-9-5-6(13)1-2-8(9)12/h1-5,14H. The monoisotopic (exact) mass is 369 g/mol. The van der Waals surface area contributed by atoms with Crippen LogP contribution in [0.15, 0.2) is 38.3 Å². The van der Waals surface area contributed by atoms with Gasteiger partial charge in [-0.3, -0.25) is 4.72 Å². The lowest BCUT2D eigenvalue weighted by molar-refractivity contribution is 0.602. The molecule has 2 rings (SSSR count). The summed E-state index contributed by atoms with van der Waals surface area (Å²) in [6, 6.07) is 5.09. The van der Waals surface area contributed by atoms with E-state index in [-0.39, 0.29) is 14.9 Å². The predicted octanol–water partition coefficient (Wildman–Crippen LogP) is 4.10. The van der Waals surface area contributed by atoms with Gasteiger partial charge in [0.15, 0.2) is 4.21 Å². The van der Waals surface area contributed by atoms with E-state index in [1.807, 2.05) is 0 Å². The molecule has 2 aromatic rings. The van der Waals surface area contributed by atoms with Crippen molar-refractivity contribution in [3.05, 3.63) is 45.0 Å². The first-order valence-electron chi connectivity index (χ1n) is 4.61. The second-order valence-corrected chi connectivity index (χ2v) is 7.34. The molecule has 0 saturated heterocycles. The van der Waals surface area contributed by atoms with E-state index in [0.717, 1.165) is 23.5 Å². The van der Waals surface area contributed by atoms with Crippen molar-refractivity contribution in [3.63, 3.8) is 0 Å². The number of hydrogen-bond acceptors (Lipinski definition) is 3. The van der Waals surface area contributed by atoms with E-state index in [4.69, 9.17) is 11.6 Å². The Morgan fingerprint density at radius 1 is 1.33 bits per heavy atom. The van der Waals surface area contributed by atoms with Crippen LogP contribution in [-0.2, 0) is 10.0 Å². The maximum absolute atomic E-state index is 13.0. The first kappa shape index (κ1) is 13.8. The molecule has 0 atom stereocenters. The summed E-state index contributed by atoms with van der Waals surface area (Å²) in [7, 11) is -3.77. The molecule has 1 aromatic carbocycles. The molecule has 1 heterocycles. The van der Waals surface area contributed by atoms with E-state index in [9.17, 15) is 12.8 Å². The second kappa shape index (κ2) is 5.16. The van der Waals surface area contributed by atoms with E-state index in [1.54, 1.807) is 11.4 Å². The smallest absolute Gasteiger partial charge is 0.272 e. The average molecular weight is 371 g/mol. The van der Waals surface area contributed by atoms with E-state index in [0.29, 0.717) is 4.47 Å². The molecule has 0 aliphatic carbocycles. The highest BCUT2D eigenvalue weighted by Gasteiger charge is 2.20. The highest BCUT2D eigenvalue weighted by Crippen LogP contribution is 2.31. The molecule has 0 unspecified atom stereocenters. The van der Waals surface area contributed by atoms with Crippen LogP contribution in [0.5, 0.6) is 0 Å². The number of sulfonamides is 1. The van der Waals surface area contributed by atoms with Gasteiger partial charge >= 0.3 is 0 Å². The molecule has 0 radical (unpaired) electrons. The van der Waals surface area contributed by atoms with Gasteiger partial charge in [-0.25, -0.2) is 12.8 Å². The van der Waals surface area contributed by atoms with Crippen LogP contribution in [0.1, 0.15) is 0 Å². The van der Waals surface area contributed by atoms with Crippen molar-refractivity contribution >= 4 is 54.6 Å². The molecule has 0 aliphatic heterocycles. The van der Waals surface area contributed by atoms with Gasteiger partial charge in [0.1, 0.15) is 5.82 Å². The van der Waals surface area contributed by atoms with Crippen LogP contribution in [0.4, 0.5) is 10.1 Å². The summed E-state index contributed by atoms with van der Waals surface area (Å²) in [6.07, 6.45) is 0. The maximum Gasteiger partial charge on any atom is 0.272 e. The van der Waals surface area contributed by atoms with Gasteiger partial charge in [0, 0.05) is 4.47 Å². The fourth-order valence-electron chi connectivity index (χ4n) is 1.24. The van der Waals surface area contributed by atoms with Crippen LogP contribution in [0.25, 0.3) is 0 Å². The average Bonchev–Trinajstić information content (AvgIpc) is 2.70. The van der Waals surface area contributed by atoms with E-state index in [2.05, 4.69) is 20.7 Å². The first-order chi connectivity index (χ1) is 8.40. The number of nitrogens with one attached hydrogen (secondary N) is 1. The Kier molecular flexibility index (Phi) is 3.96. The lowest BCUT2D eigenvalue weighted by atomic mass is 10.3. The Morgan fingerprint density at radius 2 is 2.06 bits per heavy atom. The minimum Gasteiger partial charge on any atom is -0.277 e. The quantitative estimate of drug-likeness (QED) is 0.884. The van der Waals surface area contributed by atoms with Crippen molar-refractivity contribution in [1.29, 1.82) is 0 Å². The van der Waals surface area contributed by atoms with Crippen molar-refractivity contribution in [2.45, 2.75) is 4.21 Å². The molecule has 8 heteroatoms. The van der Waals surface area contributed by atoms with Crippen molar-refractivity contribution in [3.8, 4) is 0 Å². The molecule has 0 aliphatic rings. The Hall–Kier alpha value is -0.630. The highest BCUT2D eigenvalue weighted by molar-refractivity contribution is 9.10. The van der Waals surface area contributed by atoms with Crippen LogP contribution >= 0.6 is 38.9 Å². The fourth-order valence-corrected chi connectivity index (χ4v) is 4.87. The van der Waals surface area contributed by atoms with Crippen molar-refractivity contribution < 1.29 is 12.8 Å². The van der Waals surface area contributed by atoms with Gasteiger partial charge in [0.2, 0.25) is 0 Å². The summed E-state index contributed by atoms with van der Waals surface area (Å²) in [5.41, 5.74) is 0.0111. The van der Waals surface area contributed by atoms with Gasteiger partial charge in [-0.15, -0.1) is 11.3 Å². The normalized spacial score (nSPS) is 11.5. The number of thiophene rings is 1. The molecular formula is C10H6BrClFNO2S2. The van der Waals surface area contributed by atoms with Crippen LogP contribution in [0, 0.1) is 5.82 Å². The second-order valence-electron chi connectivity index (χ2n) is 3.29. The molecule has 3 nitrogen and oxygen atoms in total. The number of rotatable bonds is 3. The number of halogens is 3. The molecule has 1 aromatic heterocycles. The molecule has 0 spiro atoms. The largest absolute Gasteiger partial charge is 0.277 e. The Labute approximate surface area is 121 Å². The molecule has 0 fully saturated rings. The Balaban J connectivity index is 2.40. The fraction of sp³-hybridized carbons (Fsp3) is 0. The van der Waals surface area contributed by atoms with E-state index in [1.165, 1.54) is 6.07 Å². The molecular weight excluding hydrogens is 365 g/mol. The van der Waals surface area contributed by atoms with Gasteiger partial charge < -0.3 is 0 Å². The summed E-state index contributed by atoms with van der Waals surface area (Å²) >= 11 is 9.99. The van der Waals surface area contributed by atoms with E-state index >= 15 is 0 Å². The maximum atomic E-state index is 13.0. The number of hydrogen-bond donors (Lipinski definition) is 1. The summed E-state index contributed by atoms with van der Waals surface area (Å²) in [5, 5.41) is 1.76. The zero-order valence-corrected chi connectivity index (χ0v) is 12.6. The van der Waals surface area contributed by atoms with Gasteiger partial charge in [-0.05, 0) is 45.6 Å². The summed E-state index contributed by atoms with van der Waals surface area (Å²) < 4.78 is 39.9. The lowest BCUT2D eigenvalue weighted by Gasteiger charge is -2.08. The highest BCUT2D eigenvalue weighted by atomic mass is 79.9. The topological polar surface area (TPSA) is 46.2 Å².